The van der Waals surface area contributed by atoms with Gasteiger partial charge in [-0.25, -0.2) is 9.78 Å². The van der Waals surface area contributed by atoms with Crippen LogP contribution < -0.4 is 5.56 Å². The third kappa shape index (κ3) is 2.24. The summed E-state index contributed by atoms with van der Waals surface area (Å²) in [6.07, 6.45) is 0.785. The Kier molecular flexibility index (Phi) is 3.71. The van der Waals surface area contributed by atoms with Gasteiger partial charge in [0.15, 0.2) is 4.77 Å². The minimum absolute atomic E-state index is 0.0118. The lowest BCUT2D eigenvalue weighted by Gasteiger charge is -2.17. The quantitative estimate of drug-likeness (QED) is 0.849. The van der Waals surface area contributed by atoms with Crippen LogP contribution in [0.25, 0.3) is 11.0 Å². The van der Waals surface area contributed by atoms with Gasteiger partial charge >= 0.3 is 5.97 Å². The van der Waals surface area contributed by atoms with Gasteiger partial charge < -0.3 is 5.11 Å². The molecule has 0 saturated heterocycles. The van der Waals surface area contributed by atoms with E-state index in [1.165, 1.54) is 6.07 Å². The number of hydrogen-bond acceptors (Lipinski definition) is 4. The molecule has 0 saturated carbocycles. The molecule has 0 aliphatic carbocycles. The standard InChI is InChI=1S/C13H15N3O3S/c1-4-7(3)16-10-9(11(17)15-13(16)20)8(12(18)19)5-6(2)14-10/h5,7H,4H2,1-3H3,(H,18,19)(H,15,17,20). The van der Waals surface area contributed by atoms with Gasteiger partial charge in [-0.05, 0) is 38.6 Å². The average Bonchev–Trinajstić information content (AvgIpc) is 2.36. The minimum Gasteiger partial charge on any atom is -0.478 e. The molecule has 6 nitrogen and oxygen atoms in total. The van der Waals surface area contributed by atoms with Crippen molar-refractivity contribution in [1.82, 2.24) is 14.5 Å². The predicted octanol–water partition coefficient (Wildman–Crippen LogP) is 2.43. The van der Waals surface area contributed by atoms with Gasteiger partial charge in [-0.1, -0.05) is 6.92 Å². The molecule has 0 aromatic carbocycles. The first-order chi connectivity index (χ1) is 9.36. The zero-order valence-corrected chi connectivity index (χ0v) is 12.2. The van der Waals surface area contributed by atoms with Crippen LogP contribution in [-0.2, 0) is 0 Å². The Hall–Kier alpha value is -2.02. The van der Waals surface area contributed by atoms with Crippen molar-refractivity contribution in [2.24, 2.45) is 0 Å². The summed E-state index contributed by atoms with van der Waals surface area (Å²) in [6, 6.07) is 1.40. The van der Waals surface area contributed by atoms with Crippen LogP contribution in [0.15, 0.2) is 10.9 Å². The van der Waals surface area contributed by atoms with Crippen LogP contribution >= 0.6 is 12.2 Å². The van der Waals surface area contributed by atoms with Crippen LogP contribution in [-0.4, -0.2) is 25.6 Å². The van der Waals surface area contributed by atoms with E-state index in [2.05, 4.69) is 9.97 Å². The highest BCUT2D eigenvalue weighted by Gasteiger charge is 2.18. The van der Waals surface area contributed by atoms with E-state index in [4.69, 9.17) is 12.2 Å². The molecule has 0 bridgehead atoms. The summed E-state index contributed by atoms with van der Waals surface area (Å²) in [7, 11) is 0. The van der Waals surface area contributed by atoms with Crippen molar-refractivity contribution >= 4 is 29.2 Å². The van der Waals surface area contributed by atoms with Gasteiger partial charge in [0.05, 0.1) is 10.9 Å². The number of rotatable bonds is 3. The van der Waals surface area contributed by atoms with Crippen LogP contribution in [0.1, 0.15) is 42.4 Å². The first kappa shape index (κ1) is 14.4. The molecular formula is C13H15N3O3S. The Balaban J connectivity index is 3.07. The van der Waals surface area contributed by atoms with E-state index in [0.717, 1.165) is 6.42 Å². The number of aromatic nitrogens is 3. The van der Waals surface area contributed by atoms with Crippen molar-refractivity contribution in [3.05, 3.63) is 32.4 Å². The van der Waals surface area contributed by atoms with E-state index in [1.807, 2.05) is 13.8 Å². The van der Waals surface area contributed by atoms with E-state index >= 15 is 0 Å². The molecule has 0 radical (unpaired) electrons. The fourth-order valence-corrected chi connectivity index (χ4v) is 2.49. The van der Waals surface area contributed by atoms with Crippen molar-refractivity contribution in [2.45, 2.75) is 33.2 Å². The molecule has 0 fully saturated rings. The second-order valence-electron chi connectivity index (χ2n) is 4.70. The average molecular weight is 293 g/mol. The molecule has 2 N–H and O–H groups in total. The maximum absolute atomic E-state index is 12.1. The number of nitrogens with one attached hydrogen (secondary N) is 1. The summed E-state index contributed by atoms with van der Waals surface area (Å²) in [5.74, 6) is -1.15. The van der Waals surface area contributed by atoms with Crippen molar-refractivity contribution < 1.29 is 9.90 Å². The summed E-state index contributed by atoms with van der Waals surface area (Å²) >= 11 is 5.18. The smallest absolute Gasteiger partial charge is 0.336 e. The molecule has 0 amide bonds. The number of fused-ring (bicyclic) bond motifs is 1. The fourth-order valence-electron chi connectivity index (χ4n) is 2.13. The summed E-state index contributed by atoms with van der Waals surface area (Å²) < 4.78 is 1.96. The number of aryl methyl sites for hydroxylation is 1. The van der Waals surface area contributed by atoms with E-state index in [-0.39, 0.29) is 21.8 Å². The first-order valence-corrected chi connectivity index (χ1v) is 6.67. The second kappa shape index (κ2) is 5.16. The fraction of sp³-hybridized carbons (Fsp3) is 0.385. The number of carboxylic acid groups (broad SMARTS) is 1. The van der Waals surface area contributed by atoms with Gasteiger partial charge in [0.1, 0.15) is 5.65 Å². The number of H-pyrrole nitrogens is 1. The summed E-state index contributed by atoms with van der Waals surface area (Å²) in [5.41, 5.74) is 0.285. The Morgan fingerprint density at radius 2 is 2.25 bits per heavy atom. The number of aromatic amines is 1. The summed E-state index contributed by atoms with van der Waals surface area (Å²) in [5, 5.41) is 9.34. The van der Waals surface area contributed by atoms with E-state index in [0.29, 0.717) is 11.3 Å². The number of aromatic carboxylic acids is 1. The minimum atomic E-state index is -1.15. The second-order valence-corrected chi connectivity index (χ2v) is 5.09. The van der Waals surface area contributed by atoms with Crippen molar-refractivity contribution in [3.8, 4) is 0 Å². The topological polar surface area (TPSA) is 88.0 Å². The molecule has 106 valence electrons. The Labute approximate surface area is 120 Å². The SMILES string of the molecule is CCC(C)n1c(=S)[nH]c(=O)c2c(C(=O)O)cc(C)nc21. The van der Waals surface area contributed by atoms with Gasteiger partial charge in [0.25, 0.3) is 5.56 Å². The molecule has 0 aliphatic rings. The number of nitrogens with zero attached hydrogens (tertiary/aromatic N) is 2. The lowest BCUT2D eigenvalue weighted by Crippen LogP contribution is -2.20. The van der Waals surface area contributed by atoms with Gasteiger partial charge in [-0.15, -0.1) is 0 Å². The number of hydrogen-bond donors (Lipinski definition) is 2. The Morgan fingerprint density at radius 3 is 2.80 bits per heavy atom. The lowest BCUT2D eigenvalue weighted by atomic mass is 10.1. The number of pyridine rings is 1. The summed E-state index contributed by atoms with van der Waals surface area (Å²) in [6.45, 7) is 5.62. The molecule has 0 aliphatic heterocycles. The van der Waals surface area contributed by atoms with Crippen molar-refractivity contribution in [1.29, 1.82) is 0 Å². The Morgan fingerprint density at radius 1 is 1.60 bits per heavy atom. The molecule has 2 rings (SSSR count). The van der Waals surface area contributed by atoms with Crippen LogP contribution in [0.3, 0.4) is 0 Å². The van der Waals surface area contributed by atoms with Crippen molar-refractivity contribution in [3.63, 3.8) is 0 Å². The molecule has 20 heavy (non-hydrogen) atoms. The monoisotopic (exact) mass is 293 g/mol. The Bertz CT molecular complexity index is 807. The van der Waals surface area contributed by atoms with Gasteiger partial charge in [-0.3, -0.25) is 14.3 Å². The zero-order chi connectivity index (χ0) is 15.0. The van der Waals surface area contributed by atoms with Crippen LogP contribution in [0.5, 0.6) is 0 Å². The molecule has 2 aromatic rings. The molecule has 2 heterocycles. The molecular weight excluding hydrogens is 278 g/mol. The van der Waals surface area contributed by atoms with Gasteiger partial charge in [0.2, 0.25) is 0 Å². The van der Waals surface area contributed by atoms with E-state index in [9.17, 15) is 14.7 Å². The molecule has 7 heteroatoms. The highest BCUT2D eigenvalue weighted by atomic mass is 32.1. The van der Waals surface area contributed by atoms with Crippen LogP contribution in [0.2, 0.25) is 0 Å². The number of carbonyl (C=O) groups is 1. The number of carboxylic acids is 1. The normalized spacial score (nSPS) is 12.6. The first-order valence-electron chi connectivity index (χ1n) is 6.26. The molecule has 0 spiro atoms. The maximum Gasteiger partial charge on any atom is 0.336 e. The van der Waals surface area contributed by atoms with Crippen LogP contribution in [0, 0.1) is 11.7 Å². The zero-order valence-electron chi connectivity index (χ0n) is 11.4. The largest absolute Gasteiger partial charge is 0.478 e. The lowest BCUT2D eigenvalue weighted by molar-refractivity contribution is 0.0698. The third-order valence-corrected chi connectivity index (χ3v) is 3.58. The predicted molar refractivity (Wildman–Crippen MR) is 77.9 cm³/mol. The summed E-state index contributed by atoms with van der Waals surface area (Å²) in [4.78, 5) is 30.3. The third-order valence-electron chi connectivity index (χ3n) is 3.28. The van der Waals surface area contributed by atoms with E-state index in [1.54, 1.807) is 11.5 Å². The molecule has 2 aromatic heterocycles. The van der Waals surface area contributed by atoms with Gasteiger partial charge in [0, 0.05) is 11.7 Å². The van der Waals surface area contributed by atoms with Crippen molar-refractivity contribution in [2.75, 3.05) is 0 Å². The highest BCUT2D eigenvalue weighted by Crippen LogP contribution is 2.20. The molecule has 1 unspecified atom stereocenters. The van der Waals surface area contributed by atoms with Gasteiger partial charge in [-0.2, -0.15) is 0 Å². The van der Waals surface area contributed by atoms with Crippen LogP contribution in [0.4, 0.5) is 0 Å². The highest BCUT2D eigenvalue weighted by molar-refractivity contribution is 7.71. The van der Waals surface area contributed by atoms with E-state index < -0.39 is 11.5 Å². The molecule has 1 atom stereocenters. The maximum atomic E-state index is 12.1.